The highest BCUT2D eigenvalue weighted by molar-refractivity contribution is 6.34. The predicted molar refractivity (Wildman–Crippen MR) is 254 cm³/mol. The minimum absolute atomic E-state index is 0.0519. The Labute approximate surface area is 391 Å². The van der Waals surface area contributed by atoms with Crippen LogP contribution in [0, 0.1) is 42.4 Å². The molecule has 15 nitrogen and oxygen atoms in total. The van der Waals surface area contributed by atoms with Gasteiger partial charge < -0.3 is 24.9 Å². The summed E-state index contributed by atoms with van der Waals surface area (Å²) in [4.78, 5) is 66.8. The fourth-order valence-corrected chi connectivity index (χ4v) is 11.3. The molecule has 1 aliphatic carbocycles. The number of piperidine rings is 2. The number of fused-ring (bicyclic) bond motifs is 1. The third kappa shape index (κ3) is 9.40. The van der Waals surface area contributed by atoms with Gasteiger partial charge in [-0.05, 0) is 138 Å². The number of carbonyl (C=O) groups is 4. The lowest BCUT2D eigenvalue weighted by Gasteiger charge is -2.47. The molecule has 0 bridgehead atoms. The molecule has 1 spiro atoms. The van der Waals surface area contributed by atoms with Crippen molar-refractivity contribution in [2.45, 2.75) is 84.6 Å². The molecule has 4 saturated heterocycles. The number of halogens is 1. The van der Waals surface area contributed by atoms with Crippen LogP contribution in [0.3, 0.4) is 0 Å². The van der Waals surface area contributed by atoms with Crippen LogP contribution in [0.2, 0.25) is 5.02 Å². The van der Waals surface area contributed by atoms with E-state index in [1.165, 1.54) is 30.6 Å². The molecule has 0 radical (unpaired) electrons. The zero-order valence-corrected chi connectivity index (χ0v) is 39.1. The Kier molecular flexibility index (Phi) is 13.2. The normalized spacial score (nSPS) is 20.3. The third-order valence-electron chi connectivity index (χ3n) is 15.3. The van der Waals surface area contributed by atoms with Crippen molar-refractivity contribution in [2.75, 3.05) is 80.6 Å². The average Bonchev–Trinajstić information content (AvgIpc) is 3.33. The number of nitrogens with one attached hydrogen (secondary N) is 2. The van der Waals surface area contributed by atoms with Gasteiger partial charge in [-0.2, -0.15) is 10.4 Å². The molecule has 1 atom stereocenters. The van der Waals surface area contributed by atoms with E-state index in [1.807, 2.05) is 43.1 Å². The molecule has 4 aromatic rings. The molecule has 5 amide bonds. The maximum absolute atomic E-state index is 13.8. The van der Waals surface area contributed by atoms with E-state index in [4.69, 9.17) is 16.6 Å². The number of anilines is 3. The van der Waals surface area contributed by atoms with E-state index in [0.717, 1.165) is 78.7 Å². The number of imide groups is 1. The van der Waals surface area contributed by atoms with Gasteiger partial charge in [0.2, 0.25) is 11.8 Å². The van der Waals surface area contributed by atoms with E-state index in [1.54, 1.807) is 18.2 Å². The summed E-state index contributed by atoms with van der Waals surface area (Å²) in [5, 5.41) is 26.7. The molecule has 2 aromatic heterocycles. The van der Waals surface area contributed by atoms with E-state index < -0.39 is 6.03 Å². The molecule has 5 fully saturated rings. The Morgan fingerprint density at radius 2 is 1.64 bits per heavy atom. The van der Waals surface area contributed by atoms with Gasteiger partial charge in [-0.1, -0.05) is 23.7 Å². The van der Waals surface area contributed by atoms with Crippen molar-refractivity contribution in [2.24, 2.45) is 17.3 Å². The molecule has 66 heavy (non-hydrogen) atoms. The number of hydrogen-bond donors (Lipinski definition) is 2. The predicted octanol–water partition coefficient (Wildman–Crippen LogP) is 7.26. The second-order valence-corrected chi connectivity index (χ2v) is 19.7. The zero-order chi connectivity index (χ0) is 46.1. The van der Waals surface area contributed by atoms with Crippen LogP contribution in [0.25, 0.3) is 10.8 Å². The molecule has 6 heterocycles. The Bertz CT molecular complexity index is 2550. The van der Waals surface area contributed by atoms with Crippen LogP contribution < -0.4 is 20.4 Å². The second-order valence-electron chi connectivity index (χ2n) is 19.3. The Morgan fingerprint density at radius 1 is 0.894 bits per heavy atom. The first-order valence-electron chi connectivity index (χ1n) is 23.7. The number of rotatable bonds is 9. The molecular weight excluding hydrogens is 854 g/mol. The van der Waals surface area contributed by atoms with Gasteiger partial charge in [0.05, 0.1) is 34.1 Å². The van der Waals surface area contributed by atoms with E-state index >= 15 is 0 Å². The number of nitrogens with zero attached hydrogens (tertiary/aromatic N) is 9. The lowest BCUT2D eigenvalue weighted by Crippen LogP contribution is -2.52. The minimum Gasteiger partial charge on any atom is -0.362 e. The molecular formula is C50H60ClN11O4. The number of aryl methyl sites for hydroxylation is 1. The van der Waals surface area contributed by atoms with Gasteiger partial charge in [0.15, 0.2) is 5.82 Å². The van der Waals surface area contributed by atoms with Crippen molar-refractivity contribution in [1.29, 1.82) is 5.26 Å². The van der Waals surface area contributed by atoms with Crippen LogP contribution in [0.5, 0.6) is 0 Å². The summed E-state index contributed by atoms with van der Waals surface area (Å²) in [6.07, 6.45) is 10.6. The van der Waals surface area contributed by atoms with E-state index in [2.05, 4.69) is 54.6 Å². The topological polar surface area (TPSA) is 171 Å². The van der Waals surface area contributed by atoms with Gasteiger partial charge in [-0.3, -0.25) is 24.6 Å². The third-order valence-corrected chi connectivity index (χ3v) is 15.7. The smallest absolute Gasteiger partial charge is 0.328 e. The molecule has 9 rings (SSSR count). The number of urea groups is 1. The highest BCUT2D eigenvalue weighted by atomic mass is 35.5. The molecule has 2 N–H and O–H groups in total. The fourth-order valence-electron chi connectivity index (χ4n) is 11.1. The zero-order valence-electron chi connectivity index (χ0n) is 38.3. The Hall–Kier alpha value is -5.85. The monoisotopic (exact) mass is 913 g/mol. The summed E-state index contributed by atoms with van der Waals surface area (Å²) in [6, 6.07) is 14.6. The maximum Gasteiger partial charge on any atom is 0.328 e. The van der Waals surface area contributed by atoms with Crippen LogP contribution in [0.1, 0.15) is 103 Å². The first-order valence-corrected chi connectivity index (χ1v) is 24.1. The van der Waals surface area contributed by atoms with Crippen LogP contribution in [-0.4, -0.2) is 119 Å². The van der Waals surface area contributed by atoms with Crippen molar-refractivity contribution in [1.82, 2.24) is 35.2 Å². The summed E-state index contributed by atoms with van der Waals surface area (Å²) in [6.45, 7) is 13.4. The van der Waals surface area contributed by atoms with Gasteiger partial charge in [-0.25, -0.2) is 9.78 Å². The number of piperazine rings is 1. The van der Waals surface area contributed by atoms with Gasteiger partial charge in [0, 0.05) is 87.2 Å². The fraction of sp³-hybridized carbons (Fsp3) is 0.520. The van der Waals surface area contributed by atoms with Crippen molar-refractivity contribution >= 4 is 63.4 Å². The largest absolute Gasteiger partial charge is 0.362 e. The second kappa shape index (κ2) is 19.2. The number of hydrogen-bond acceptors (Lipinski definition) is 11. The lowest BCUT2D eigenvalue weighted by molar-refractivity contribution is -0.137. The van der Waals surface area contributed by atoms with E-state index in [9.17, 15) is 24.4 Å². The van der Waals surface area contributed by atoms with Crippen LogP contribution in [0.4, 0.5) is 22.1 Å². The summed E-state index contributed by atoms with van der Waals surface area (Å²) >= 11 is 6.44. The SMILES string of the molecule is Cc1c(C#N)cccc1[C@@H](C)Nc1nnc(C)c2cnc(N3CCN(C(=O)C4CCN(CC5CCC6(CC5)CCN(C(=O)c5ccc(Cl)c(N7CCC(=O)NC7=O)c5)CC6)CC4)CC3)cc12. The highest BCUT2D eigenvalue weighted by Gasteiger charge is 2.40. The van der Waals surface area contributed by atoms with E-state index in [0.29, 0.717) is 72.8 Å². The Balaban J connectivity index is 0.715. The lowest BCUT2D eigenvalue weighted by atomic mass is 9.65. The standard InChI is InChI=1S/C50H60ClN11O4/c1-32-38(29-52)5-4-6-39(32)33(2)54-46-40-28-44(53-30-41(40)34(3)56-57-46)59-23-25-61(26-24-59)47(64)36-11-18-58(19-12-36)31-35-9-14-50(15-10-35)16-21-60(22-17-50)48(65)37-7-8-42(51)43(27-37)62-20-13-45(63)55-49(62)66/h4-8,27-28,30,33,35-36H,9-26,31H2,1-3H3,(H,54,57)(H,55,63,66)/t33-/m1/s1. The number of carbonyl (C=O) groups excluding carboxylic acids is 4. The number of likely N-dealkylation sites (tertiary alicyclic amines) is 2. The quantitative estimate of drug-likeness (QED) is 0.173. The number of benzene rings is 2. The highest BCUT2D eigenvalue weighted by Crippen LogP contribution is 2.47. The number of nitriles is 1. The van der Waals surface area contributed by atoms with Crippen molar-refractivity contribution in [3.05, 3.63) is 81.6 Å². The van der Waals surface area contributed by atoms with Gasteiger partial charge in [0.1, 0.15) is 5.82 Å². The molecule has 4 aliphatic heterocycles. The van der Waals surface area contributed by atoms with Crippen molar-refractivity contribution < 1.29 is 19.2 Å². The molecule has 0 unspecified atom stereocenters. The molecule has 1 saturated carbocycles. The van der Waals surface area contributed by atoms with Crippen molar-refractivity contribution in [3.63, 3.8) is 0 Å². The van der Waals surface area contributed by atoms with Gasteiger partial charge >= 0.3 is 6.03 Å². The summed E-state index contributed by atoms with van der Waals surface area (Å²) in [5.41, 5.74) is 4.68. The maximum atomic E-state index is 13.8. The summed E-state index contributed by atoms with van der Waals surface area (Å²) in [7, 11) is 0. The van der Waals surface area contributed by atoms with E-state index in [-0.39, 0.29) is 48.1 Å². The summed E-state index contributed by atoms with van der Waals surface area (Å²) < 4.78 is 0. The molecule has 5 aliphatic rings. The van der Waals surface area contributed by atoms with Crippen molar-refractivity contribution in [3.8, 4) is 6.07 Å². The first-order chi connectivity index (χ1) is 31.9. The van der Waals surface area contributed by atoms with Crippen LogP contribution in [-0.2, 0) is 9.59 Å². The van der Waals surface area contributed by atoms with Crippen LogP contribution in [0.15, 0.2) is 48.7 Å². The first kappa shape index (κ1) is 45.3. The molecule has 16 heteroatoms. The number of pyridine rings is 1. The average molecular weight is 915 g/mol. The minimum atomic E-state index is -0.523. The number of aromatic nitrogens is 3. The number of amides is 5. The molecule has 346 valence electrons. The summed E-state index contributed by atoms with van der Waals surface area (Å²) in [5.74, 6) is 2.18. The molecule has 2 aromatic carbocycles. The Morgan fingerprint density at radius 3 is 2.35 bits per heavy atom. The van der Waals surface area contributed by atoms with Gasteiger partial charge in [0.25, 0.3) is 5.91 Å². The van der Waals surface area contributed by atoms with Crippen LogP contribution >= 0.6 is 11.6 Å². The van der Waals surface area contributed by atoms with Gasteiger partial charge in [-0.15, -0.1) is 5.10 Å².